The lowest BCUT2D eigenvalue weighted by Crippen LogP contribution is -2.39. The van der Waals surface area contributed by atoms with Crippen LogP contribution in [0.1, 0.15) is 30.1 Å². The maximum Gasteiger partial charge on any atom is 0.310 e. The third-order valence-electron chi connectivity index (χ3n) is 3.50. The van der Waals surface area contributed by atoms with Crippen molar-refractivity contribution in [3.8, 4) is 0 Å². The monoisotopic (exact) mass is 339 g/mol. The Bertz CT molecular complexity index is 504. The molecule has 1 heterocycles. The van der Waals surface area contributed by atoms with Crippen LogP contribution < -0.4 is 4.90 Å². The Kier molecular flexibility index (Phi) is 5.17. The van der Waals surface area contributed by atoms with Gasteiger partial charge in [0.15, 0.2) is 6.29 Å². The lowest BCUT2D eigenvalue weighted by molar-refractivity contribution is -0.148. The van der Waals surface area contributed by atoms with Crippen LogP contribution in [-0.2, 0) is 9.53 Å². The third-order valence-corrected chi connectivity index (χ3v) is 3.99. The number of piperidine rings is 1. The van der Waals surface area contributed by atoms with Crippen LogP contribution in [0.3, 0.4) is 0 Å². The molecule has 1 saturated heterocycles. The fourth-order valence-electron chi connectivity index (χ4n) is 2.54. The van der Waals surface area contributed by atoms with Gasteiger partial charge >= 0.3 is 5.97 Å². The summed E-state index contributed by atoms with van der Waals surface area (Å²) >= 11 is 3.43. The molecule has 20 heavy (non-hydrogen) atoms. The zero-order valence-corrected chi connectivity index (χ0v) is 13.1. The molecule has 0 N–H and O–H groups in total. The normalized spacial score (nSPS) is 18.7. The Morgan fingerprint density at radius 3 is 3.05 bits per heavy atom. The molecule has 4 nitrogen and oxygen atoms in total. The molecule has 108 valence electrons. The number of nitrogens with zero attached hydrogens (tertiary/aromatic N) is 1. The average Bonchev–Trinajstić information content (AvgIpc) is 2.47. The van der Waals surface area contributed by atoms with E-state index < -0.39 is 0 Å². The lowest BCUT2D eigenvalue weighted by Gasteiger charge is -2.34. The van der Waals surface area contributed by atoms with Crippen molar-refractivity contribution < 1.29 is 14.3 Å². The molecule has 5 heteroatoms. The van der Waals surface area contributed by atoms with E-state index in [0.29, 0.717) is 18.7 Å². The first-order valence-corrected chi connectivity index (χ1v) is 7.61. The molecule has 2 rings (SSSR count). The Morgan fingerprint density at radius 2 is 2.35 bits per heavy atom. The van der Waals surface area contributed by atoms with Crippen molar-refractivity contribution in [2.75, 3.05) is 24.6 Å². The minimum Gasteiger partial charge on any atom is -0.466 e. The number of carbonyl (C=O) groups is 2. The largest absolute Gasteiger partial charge is 0.466 e. The summed E-state index contributed by atoms with van der Waals surface area (Å²) in [4.78, 5) is 25.1. The first kappa shape index (κ1) is 15.0. The van der Waals surface area contributed by atoms with Crippen LogP contribution in [0.15, 0.2) is 22.7 Å². The molecule has 1 atom stereocenters. The zero-order valence-electron chi connectivity index (χ0n) is 11.5. The summed E-state index contributed by atoms with van der Waals surface area (Å²) in [7, 11) is 0. The van der Waals surface area contributed by atoms with Gasteiger partial charge < -0.3 is 9.64 Å². The second-order valence-corrected chi connectivity index (χ2v) is 5.77. The highest BCUT2D eigenvalue weighted by Gasteiger charge is 2.27. The molecular formula is C15H18BrNO3. The molecule has 1 aromatic rings. The van der Waals surface area contributed by atoms with Crippen molar-refractivity contribution in [2.24, 2.45) is 5.92 Å². The number of anilines is 1. The number of hydrogen-bond donors (Lipinski definition) is 0. The van der Waals surface area contributed by atoms with E-state index in [-0.39, 0.29) is 11.9 Å². The van der Waals surface area contributed by atoms with Crippen LogP contribution in [0, 0.1) is 5.92 Å². The van der Waals surface area contributed by atoms with Crippen molar-refractivity contribution in [3.05, 3.63) is 28.2 Å². The van der Waals surface area contributed by atoms with Gasteiger partial charge in [-0.15, -0.1) is 0 Å². The van der Waals surface area contributed by atoms with E-state index in [2.05, 4.69) is 20.8 Å². The van der Waals surface area contributed by atoms with E-state index in [1.165, 1.54) is 0 Å². The van der Waals surface area contributed by atoms with Crippen LogP contribution in [0.4, 0.5) is 5.69 Å². The van der Waals surface area contributed by atoms with Gasteiger partial charge in [-0.2, -0.15) is 0 Å². The van der Waals surface area contributed by atoms with Gasteiger partial charge in [-0.1, -0.05) is 15.9 Å². The van der Waals surface area contributed by atoms with Crippen molar-refractivity contribution in [3.63, 3.8) is 0 Å². The molecule has 0 radical (unpaired) electrons. The Balaban J connectivity index is 2.18. The molecule has 0 aromatic heterocycles. The summed E-state index contributed by atoms with van der Waals surface area (Å²) in [6, 6.07) is 5.57. The van der Waals surface area contributed by atoms with Crippen LogP contribution in [0.2, 0.25) is 0 Å². The maximum absolute atomic E-state index is 11.9. The van der Waals surface area contributed by atoms with Crippen molar-refractivity contribution in [1.29, 1.82) is 0 Å². The van der Waals surface area contributed by atoms with Crippen LogP contribution in [0.5, 0.6) is 0 Å². The molecule has 0 amide bonds. The van der Waals surface area contributed by atoms with E-state index in [4.69, 9.17) is 4.74 Å². The number of hydrogen-bond acceptors (Lipinski definition) is 4. The van der Waals surface area contributed by atoms with Gasteiger partial charge in [-0.3, -0.25) is 9.59 Å². The minimum atomic E-state index is -0.139. The summed E-state index contributed by atoms with van der Waals surface area (Å²) in [5.74, 6) is -0.248. The van der Waals surface area contributed by atoms with Crippen LogP contribution in [-0.4, -0.2) is 32.0 Å². The standard InChI is InChI=1S/C15H18BrNO3/c1-2-20-15(19)11-4-3-7-17(9-11)14-8-13(16)6-5-12(14)10-18/h5-6,8,10-11H,2-4,7,9H2,1H3/t11-/m1/s1. The van der Waals surface area contributed by atoms with E-state index >= 15 is 0 Å². The Morgan fingerprint density at radius 1 is 1.55 bits per heavy atom. The molecule has 1 fully saturated rings. The molecule has 0 bridgehead atoms. The van der Waals surface area contributed by atoms with Gasteiger partial charge in [0, 0.05) is 28.8 Å². The van der Waals surface area contributed by atoms with Gasteiger partial charge in [0.1, 0.15) is 0 Å². The highest BCUT2D eigenvalue weighted by Crippen LogP contribution is 2.29. The number of carbonyl (C=O) groups excluding carboxylic acids is 2. The smallest absolute Gasteiger partial charge is 0.310 e. The minimum absolute atomic E-state index is 0.109. The summed E-state index contributed by atoms with van der Waals surface area (Å²) in [5.41, 5.74) is 1.53. The second kappa shape index (κ2) is 6.88. The zero-order chi connectivity index (χ0) is 14.5. The maximum atomic E-state index is 11.9. The molecular weight excluding hydrogens is 322 g/mol. The first-order chi connectivity index (χ1) is 9.65. The lowest BCUT2D eigenvalue weighted by atomic mass is 9.97. The van der Waals surface area contributed by atoms with E-state index in [0.717, 1.165) is 35.8 Å². The Labute approximate surface area is 127 Å². The second-order valence-electron chi connectivity index (χ2n) is 4.86. The van der Waals surface area contributed by atoms with Gasteiger partial charge in [-0.25, -0.2) is 0 Å². The third kappa shape index (κ3) is 3.39. The van der Waals surface area contributed by atoms with Crippen LogP contribution in [0.25, 0.3) is 0 Å². The summed E-state index contributed by atoms with van der Waals surface area (Å²) < 4.78 is 6.03. The molecule has 0 saturated carbocycles. The number of rotatable bonds is 4. The Hall–Kier alpha value is -1.36. The van der Waals surface area contributed by atoms with Crippen LogP contribution >= 0.6 is 15.9 Å². The molecule has 1 aromatic carbocycles. The predicted molar refractivity (Wildman–Crippen MR) is 81.1 cm³/mol. The van der Waals surface area contributed by atoms with Gasteiger partial charge in [0.2, 0.25) is 0 Å². The van der Waals surface area contributed by atoms with Gasteiger partial charge in [0.05, 0.1) is 12.5 Å². The van der Waals surface area contributed by atoms with Crippen molar-refractivity contribution in [2.45, 2.75) is 19.8 Å². The number of benzene rings is 1. The molecule has 1 aliphatic rings. The molecule has 0 spiro atoms. The topological polar surface area (TPSA) is 46.6 Å². The van der Waals surface area contributed by atoms with Gasteiger partial charge in [0.25, 0.3) is 0 Å². The fourth-order valence-corrected chi connectivity index (χ4v) is 2.89. The van der Waals surface area contributed by atoms with Crippen molar-refractivity contribution >= 4 is 33.9 Å². The summed E-state index contributed by atoms with van der Waals surface area (Å²) in [5, 5.41) is 0. The summed E-state index contributed by atoms with van der Waals surface area (Å²) in [6.45, 7) is 3.69. The average molecular weight is 340 g/mol. The number of aldehydes is 1. The quantitative estimate of drug-likeness (QED) is 0.624. The molecule has 1 aliphatic heterocycles. The van der Waals surface area contributed by atoms with E-state index in [1.807, 2.05) is 19.1 Å². The SMILES string of the molecule is CCOC(=O)[C@@H]1CCCN(c2cc(Br)ccc2C=O)C1. The van der Waals surface area contributed by atoms with Gasteiger partial charge in [-0.05, 0) is 38.0 Å². The summed E-state index contributed by atoms with van der Waals surface area (Å²) in [6.07, 6.45) is 2.63. The number of esters is 1. The number of ether oxygens (including phenoxy) is 1. The molecule has 0 aliphatic carbocycles. The van der Waals surface area contributed by atoms with Crippen molar-refractivity contribution in [1.82, 2.24) is 0 Å². The van der Waals surface area contributed by atoms with E-state index in [1.54, 1.807) is 6.07 Å². The highest BCUT2D eigenvalue weighted by atomic mass is 79.9. The highest BCUT2D eigenvalue weighted by molar-refractivity contribution is 9.10. The first-order valence-electron chi connectivity index (χ1n) is 6.82. The fraction of sp³-hybridized carbons (Fsp3) is 0.467. The molecule has 0 unspecified atom stereocenters. The predicted octanol–water partition coefficient (Wildman–Crippen LogP) is 3.04. The number of halogens is 1. The van der Waals surface area contributed by atoms with E-state index in [9.17, 15) is 9.59 Å².